The number of anilines is 1. The first-order valence-corrected chi connectivity index (χ1v) is 13.1. The number of carbonyl (C=O) groups excluding carboxylic acids is 2. The van der Waals surface area contributed by atoms with E-state index in [4.69, 9.17) is 9.47 Å². The molecule has 1 fully saturated rings. The zero-order valence-corrected chi connectivity index (χ0v) is 22.9. The van der Waals surface area contributed by atoms with Gasteiger partial charge in [0.1, 0.15) is 11.4 Å². The van der Waals surface area contributed by atoms with Gasteiger partial charge in [0, 0.05) is 43.5 Å². The second kappa shape index (κ2) is 11.3. The lowest BCUT2D eigenvalue weighted by molar-refractivity contribution is -0.170. The fourth-order valence-corrected chi connectivity index (χ4v) is 4.07. The highest BCUT2D eigenvalue weighted by molar-refractivity contribution is 5.79. The van der Waals surface area contributed by atoms with E-state index in [0.29, 0.717) is 31.3 Å². The molecule has 1 aromatic heterocycles. The molecule has 0 spiro atoms. The Bertz CT molecular complexity index is 1230. The largest absolute Gasteiger partial charge is 0.476 e. The smallest absolute Gasteiger partial charge is 0.350 e. The maximum atomic E-state index is 13.1. The summed E-state index contributed by atoms with van der Waals surface area (Å²) in [6.07, 6.45) is 4.23. The Morgan fingerprint density at radius 2 is 1.79 bits per heavy atom. The van der Waals surface area contributed by atoms with Crippen LogP contribution in [0.1, 0.15) is 59.4 Å². The van der Waals surface area contributed by atoms with Crippen molar-refractivity contribution in [2.75, 3.05) is 11.9 Å². The number of aromatic nitrogens is 2. The highest BCUT2D eigenvalue weighted by atomic mass is 16.6. The van der Waals surface area contributed by atoms with Gasteiger partial charge in [0.15, 0.2) is 5.60 Å². The molecule has 1 saturated carbocycles. The lowest BCUT2D eigenvalue weighted by Crippen LogP contribution is -2.43. The monoisotopic (exact) mass is 518 g/mol. The number of carbonyl (C=O) groups is 2. The molecule has 3 aromatic rings. The van der Waals surface area contributed by atoms with E-state index in [1.165, 1.54) is 0 Å². The predicted octanol–water partition coefficient (Wildman–Crippen LogP) is 5.57. The summed E-state index contributed by atoms with van der Waals surface area (Å²) in [5.74, 6) is 0.261. The third-order valence-electron chi connectivity index (χ3n) is 6.19. The first-order valence-electron chi connectivity index (χ1n) is 13.1. The lowest BCUT2D eigenvalue weighted by Gasteiger charge is -2.29. The Kier molecular flexibility index (Phi) is 8.09. The third kappa shape index (κ3) is 7.60. The van der Waals surface area contributed by atoms with Crippen LogP contribution in [0.25, 0.3) is 11.3 Å². The average Bonchev–Trinajstić information content (AvgIpc) is 3.54. The molecule has 4 rings (SSSR count). The summed E-state index contributed by atoms with van der Waals surface area (Å²) in [5.41, 5.74) is 2.25. The number of hydrogen-bond acceptors (Lipinski definition) is 6. The zero-order chi connectivity index (χ0) is 27.3. The fourth-order valence-electron chi connectivity index (χ4n) is 4.07. The molecule has 1 aliphatic carbocycles. The molecule has 8 nitrogen and oxygen atoms in total. The van der Waals surface area contributed by atoms with E-state index in [9.17, 15) is 9.59 Å². The Morgan fingerprint density at radius 3 is 2.42 bits per heavy atom. The van der Waals surface area contributed by atoms with E-state index in [2.05, 4.69) is 39.8 Å². The van der Waals surface area contributed by atoms with Gasteiger partial charge in [0.2, 0.25) is 5.91 Å². The molecule has 0 radical (unpaired) electrons. The number of benzene rings is 2. The van der Waals surface area contributed by atoms with Crippen molar-refractivity contribution in [2.24, 2.45) is 0 Å². The molecule has 0 unspecified atom stereocenters. The van der Waals surface area contributed by atoms with Crippen LogP contribution in [0.3, 0.4) is 0 Å². The molecule has 1 heterocycles. The number of esters is 1. The van der Waals surface area contributed by atoms with Gasteiger partial charge in [-0.1, -0.05) is 30.3 Å². The maximum absolute atomic E-state index is 13.1. The molecular formula is C30H38N4O4. The van der Waals surface area contributed by atoms with E-state index in [1.54, 1.807) is 26.1 Å². The summed E-state index contributed by atoms with van der Waals surface area (Å²) in [5, 5.41) is 10.3. The number of nitrogens with one attached hydrogen (secondary N) is 2. The van der Waals surface area contributed by atoms with Gasteiger partial charge < -0.3 is 19.7 Å². The van der Waals surface area contributed by atoms with Gasteiger partial charge in [-0.15, -0.1) is 0 Å². The number of rotatable bonds is 11. The molecule has 0 atom stereocenters. The van der Waals surface area contributed by atoms with E-state index in [-0.39, 0.29) is 5.91 Å². The molecule has 0 saturated heterocycles. The Morgan fingerprint density at radius 1 is 1.05 bits per heavy atom. The van der Waals surface area contributed by atoms with Gasteiger partial charge in [-0.2, -0.15) is 5.10 Å². The van der Waals surface area contributed by atoms with Crippen molar-refractivity contribution >= 4 is 17.6 Å². The van der Waals surface area contributed by atoms with E-state index < -0.39 is 17.2 Å². The zero-order valence-electron chi connectivity index (χ0n) is 22.9. The Labute approximate surface area is 224 Å². The van der Waals surface area contributed by atoms with Crippen LogP contribution in [0, 0.1) is 0 Å². The highest BCUT2D eigenvalue weighted by Crippen LogP contribution is 2.30. The summed E-state index contributed by atoms with van der Waals surface area (Å²) >= 11 is 0. The van der Waals surface area contributed by atoms with Crippen molar-refractivity contribution in [2.45, 2.75) is 77.7 Å². The number of H-pyrrole nitrogens is 1. The van der Waals surface area contributed by atoms with E-state index in [0.717, 1.165) is 35.3 Å². The molecule has 2 aromatic carbocycles. The SMILES string of the molecule is CC(C)(C)OC(=O)C(C)(C)Oc1cccc(NCCC(=O)N(Cc2ccc(-c3ccn[nH]3)cc2)C2CC2)c1. The molecule has 2 N–H and O–H groups in total. The average molecular weight is 519 g/mol. The first-order chi connectivity index (χ1) is 18.0. The molecule has 0 aliphatic heterocycles. The summed E-state index contributed by atoms with van der Waals surface area (Å²) < 4.78 is 11.4. The van der Waals surface area contributed by atoms with Crippen LogP contribution in [-0.4, -0.2) is 50.8 Å². The van der Waals surface area contributed by atoms with Gasteiger partial charge in [-0.3, -0.25) is 9.89 Å². The third-order valence-corrected chi connectivity index (χ3v) is 6.19. The standard InChI is InChI=1S/C30H38N4O4/c1-29(2,3)38-28(36)30(4,5)37-25-8-6-7-23(19-25)31-17-16-27(35)34(24-13-14-24)20-21-9-11-22(12-10-21)26-15-18-32-33-26/h6-12,15,18-19,24,31H,13-14,16-17,20H2,1-5H3,(H,32,33). The maximum Gasteiger partial charge on any atom is 0.350 e. The van der Waals surface area contributed by atoms with Crippen LogP contribution < -0.4 is 10.1 Å². The number of amides is 1. The minimum atomic E-state index is -1.14. The van der Waals surface area contributed by atoms with Crippen LogP contribution in [0.5, 0.6) is 5.75 Å². The quantitative estimate of drug-likeness (QED) is 0.322. The van der Waals surface area contributed by atoms with Crippen LogP contribution in [0.15, 0.2) is 60.8 Å². The van der Waals surface area contributed by atoms with Crippen LogP contribution in [0.2, 0.25) is 0 Å². The molecule has 0 bridgehead atoms. The van der Waals surface area contributed by atoms with Crippen molar-refractivity contribution in [1.82, 2.24) is 15.1 Å². The second-order valence-corrected chi connectivity index (χ2v) is 11.2. The number of hydrogen-bond donors (Lipinski definition) is 2. The topological polar surface area (TPSA) is 96.5 Å². The second-order valence-electron chi connectivity index (χ2n) is 11.2. The van der Waals surface area contributed by atoms with Gasteiger partial charge in [-0.05, 0) is 76.8 Å². The Balaban J connectivity index is 1.30. The minimum Gasteiger partial charge on any atom is -0.476 e. The van der Waals surface area contributed by atoms with Crippen molar-refractivity contribution in [3.8, 4) is 17.0 Å². The molecule has 1 aliphatic rings. The van der Waals surface area contributed by atoms with E-state index >= 15 is 0 Å². The summed E-state index contributed by atoms with van der Waals surface area (Å²) in [6.45, 7) is 9.98. The molecular weight excluding hydrogens is 480 g/mol. The van der Waals surface area contributed by atoms with Crippen LogP contribution in [-0.2, 0) is 20.9 Å². The van der Waals surface area contributed by atoms with E-state index in [1.807, 2.05) is 49.9 Å². The molecule has 202 valence electrons. The van der Waals surface area contributed by atoms with Crippen molar-refractivity contribution in [1.29, 1.82) is 0 Å². The summed E-state index contributed by atoms with van der Waals surface area (Å²) in [6, 6.07) is 17.9. The molecule has 38 heavy (non-hydrogen) atoms. The van der Waals surface area contributed by atoms with Gasteiger partial charge >= 0.3 is 5.97 Å². The predicted molar refractivity (Wildman–Crippen MR) is 148 cm³/mol. The first kappa shape index (κ1) is 27.2. The van der Waals surface area contributed by atoms with Gasteiger partial charge in [0.05, 0.1) is 5.69 Å². The normalized spacial score (nSPS) is 13.6. The number of ether oxygens (including phenoxy) is 2. The fraction of sp³-hybridized carbons (Fsp3) is 0.433. The summed E-state index contributed by atoms with van der Waals surface area (Å²) in [7, 11) is 0. The molecule has 1 amide bonds. The van der Waals surface area contributed by atoms with Gasteiger partial charge in [0.25, 0.3) is 0 Å². The number of nitrogens with zero attached hydrogens (tertiary/aromatic N) is 2. The van der Waals surface area contributed by atoms with Crippen LogP contribution in [0.4, 0.5) is 5.69 Å². The highest BCUT2D eigenvalue weighted by Gasteiger charge is 2.35. The molecule has 8 heteroatoms. The lowest BCUT2D eigenvalue weighted by atomic mass is 10.1. The van der Waals surface area contributed by atoms with Crippen LogP contribution >= 0.6 is 0 Å². The summed E-state index contributed by atoms with van der Waals surface area (Å²) in [4.78, 5) is 27.6. The van der Waals surface area contributed by atoms with Crippen molar-refractivity contribution < 1.29 is 19.1 Å². The van der Waals surface area contributed by atoms with Gasteiger partial charge in [-0.25, -0.2) is 4.79 Å². The minimum absolute atomic E-state index is 0.135. The number of aromatic amines is 1. The Hall–Kier alpha value is -3.81. The van der Waals surface area contributed by atoms with Crippen molar-refractivity contribution in [3.63, 3.8) is 0 Å². The van der Waals surface area contributed by atoms with Crippen molar-refractivity contribution in [3.05, 3.63) is 66.4 Å².